The van der Waals surface area contributed by atoms with Crippen LogP contribution < -0.4 is 4.74 Å². The normalized spacial score (nSPS) is 33.9. The number of carbonyl (C=O) groups is 1. The molecule has 2 unspecified atom stereocenters. The lowest BCUT2D eigenvalue weighted by molar-refractivity contribution is -0.182. The van der Waals surface area contributed by atoms with Gasteiger partial charge in [0.25, 0.3) is 0 Å². The quantitative estimate of drug-likeness (QED) is 0.644. The van der Waals surface area contributed by atoms with Gasteiger partial charge in [-0.2, -0.15) is 0 Å². The van der Waals surface area contributed by atoms with Crippen molar-refractivity contribution in [1.29, 1.82) is 0 Å². The zero-order chi connectivity index (χ0) is 20.3. The first-order chi connectivity index (χ1) is 13.1. The van der Waals surface area contributed by atoms with Crippen LogP contribution in [0.4, 0.5) is 4.39 Å². The van der Waals surface area contributed by atoms with Gasteiger partial charge in [0.1, 0.15) is 23.4 Å². The van der Waals surface area contributed by atoms with Gasteiger partial charge in [-0.1, -0.05) is 11.6 Å². The number of halogens is 2. The third kappa shape index (κ3) is 3.68. The van der Waals surface area contributed by atoms with Gasteiger partial charge < -0.3 is 9.47 Å². The highest BCUT2D eigenvalue weighted by molar-refractivity contribution is 7.91. The van der Waals surface area contributed by atoms with Gasteiger partial charge in [0.15, 0.2) is 15.6 Å². The summed E-state index contributed by atoms with van der Waals surface area (Å²) < 4.78 is 49.2. The first kappa shape index (κ1) is 20.1. The third-order valence-corrected chi connectivity index (χ3v) is 7.62. The average molecular weight is 431 g/mol. The van der Waals surface area contributed by atoms with Crippen LogP contribution in [0.25, 0.3) is 0 Å². The molecule has 0 heterocycles. The van der Waals surface area contributed by atoms with E-state index in [2.05, 4.69) is 0 Å². The van der Waals surface area contributed by atoms with Crippen LogP contribution in [-0.4, -0.2) is 45.0 Å². The maximum atomic E-state index is 14.5. The number of ether oxygens (including phenoxy) is 2. The van der Waals surface area contributed by atoms with Gasteiger partial charge in [-0.15, -0.1) is 0 Å². The molecule has 4 saturated carbocycles. The first-order valence-corrected chi connectivity index (χ1v) is 11.9. The Balaban J connectivity index is 1.55. The zero-order valence-corrected chi connectivity index (χ0v) is 17.5. The highest BCUT2D eigenvalue weighted by Crippen LogP contribution is 2.58. The van der Waals surface area contributed by atoms with E-state index in [1.807, 2.05) is 0 Å². The molecule has 1 aromatic carbocycles. The van der Waals surface area contributed by atoms with E-state index in [9.17, 15) is 17.6 Å². The Morgan fingerprint density at radius 2 is 1.89 bits per heavy atom. The summed E-state index contributed by atoms with van der Waals surface area (Å²) in [6, 6.07) is 2.28. The Labute approximate surface area is 169 Å². The zero-order valence-electron chi connectivity index (χ0n) is 15.9. The molecule has 0 amide bonds. The summed E-state index contributed by atoms with van der Waals surface area (Å²) in [5.41, 5.74) is -0.376. The van der Waals surface area contributed by atoms with Gasteiger partial charge in [0.2, 0.25) is 0 Å². The second-order valence-corrected chi connectivity index (χ2v) is 11.2. The predicted molar refractivity (Wildman–Crippen MR) is 103 cm³/mol. The molecule has 4 aliphatic carbocycles. The number of sulfone groups is 1. The third-order valence-electron chi connectivity index (χ3n) is 6.54. The molecule has 5 nitrogen and oxygen atoms in total. The summed E-state index contributed by atoms with van der Waals surface area (Å²) in [7, 11) is -1.78. The van der Waals surface area contributed by atoms with E-state index in [4.69, 9.17) is 21.1 Å². The minimum Gasteiger partial charge on any atom is -0.488 e. The van der Waals surface area contributed by atoms with Gasteiger partial charge >= 0.3 is 0 Å². The van der Waals surface area contributed by atoms with Gasteiger partial charge in [-0.05, 0) is 55.9 Å². The number of ketones is 1. The topological polar surface area (TPSA) is 69.7 Å². The highest BCUT2D eigenvalue weighted by atomic mass is 35.5. The lowest BCUT2D eigenvalue weighted by atomic mass is 9.53. The van der Waals surface area contributed by atoms with Crippen molar-refractivity contribution in [2.45, 2.75) is 43.8 Å². The molecular weight excluding hydrogens is 407 g/mol. The summed E-state index contributed by atoms with van der Waals surface area (Å²) in [5.74, 6) is -0.836. The van der Waals surface area contributed by atoms with E-state index in [0.29, 0.717) is 17.8 Å². The van der Waals surface area contributed by atoms with Crippen molar-refractivity contribution in [2.24, 2.45) is 17.8 Å². The fraction of sp³-hybridized carbons (Fsp3) is 0.650. The van der Waals surface area contributed by atoms with Crippen LogP contribution in [0, 0.1) is 23.6 Å². The molecule has 8 heteroatoms. The van der Waals surface area contributed by atoms with E-state index in [0.717, 1.165) is 44.4 Å². The largest absolute Gasteiger partial charge is 0.488 e. The van der Waals surface area contributed by atoms with E-state index in [1.165, 1.54) is 6.07 Å². The summed E-state index contributed by atoms with van der Waals surface area (Å²) in [5, 5.41) is 0.119. The fourth-order valence-electron chi connectivity index (χ4n) is 5.64. The van der Waals surface area contributed by atoms with Crippen LogP contribution in [-0.2, 0) is 14.6 Å². The highest BCUT2D eigenvalue weighted by Gasteiger charge is 2.56. The van der Waals surface area contributed by atoms with Crippen LogP contribution in [0.15, 0.2) is 12.1 Å². The maximum absolute atomic E-state index is 14.5. The van der Waals surface area contributed by atoms with Gasteiger partial charge in [-0.25, -0.2) is 12.8 Å². The molecule has 0 radical (unpaired) electrons. The minimum atomic E-state index is -3.56. The summed E-state index contributed by atoms with van der Waals surface area (Å²) in [6.07, 6.45) is 6.03. The van der Waals surface area contributed by atoms with E-state index < -0.39 is 27.2 Å². The molecule has 0 aromatic heterocycles. The predicted octanol–water partition coefficient (Wildman–Crippen LogP) is 3.68. The lowest BCUT2D eigenvalue weighted by Gasteiger charge is -2.58. The Hall–Kier alpha value is -1.18. The molecule has 0 spiro atoms. The van der Waals surface area contributed by atoms with Crippen LogP contribution >= 0.6 is 11.6 Å². The molecular formula is C20H24ClFO5S. The Morgan fingerprint density at radius 1 is 1.25 bits per heavy atom. The molecule has 0 saturated heterocycles. The summed E-state index contributed by atoms with van der Waals surface area (Å²) in [6.45, 7) is 0. The number of carbonyl (C=O) groups excluding carboxylic acids is 1. The van der Waals surface area contributed by atoms with Crippen LogP contribution in [0.5, 0.6) is 5.75 Å². The first-order valence-electron chi connectivity index (χ1n) is 9.51. The van der Waals surface area contributed by atoms with E-state index >= 15 is 0 Å². The summed E-state index contributed by atoms with van der Waals surface area (Å²) >= 11 is 6.27. The molecule has 5 rings (SSSR count). The smallest absolute Gasteiger partial charge is 0.180 e. The molecule has 4 aliphatic rings. The number of rotatable bonds is 6. The number of hydrogen-bond acceptors (Lipinski definition) is 5. The second-order valence-electron chi connectivity index (χ2n) is 8.70. The Bertz CT molecular complexity index is 899. The van der Waals surface area contributed by atoms with Crippen molar-refractivity contribution in [2.75, 3.05) is 19.1 Å². The molecule has 4 bridgehead atoms. The van der Waals surface area contributed by atoms with Gasteiger partial charge in [0, 0.05) is 19.4 Å². The van der Waals surface area contributed by atoms with E-state index in [-0.39, 0.29) is 28.0 Å². The summed E-state index contributed by atoms with van der Waals surface area (Å²) in [4.78, 5) is 12.1. The Morgan fingerprint density at radius 3 is 2.46 bits per heavy atom. The van der Waals surface area contributed by atoms with Crippen LogP contribution in [0.1, 0.15) is 42.5 Å². The van der Waals surface area contributed by atoms with Crippen LogP contribution in [0.3, 0.4) is 0 Å². The number of methoxy groups -OCH3 is 1. The van der Waals surface area contributed by atoms with Gasteiger partial charge in [0.05, 0.1) is 16.2 Å². The molecule has 154 valence electrons. The monoisotopic (exact) mass is 430 g/mol. The average Bonchev–Trinajstić information content (AvgIpc) is 2.58. The van der Waals surface area contributed by atoms with Crippen LogP contribution in [0.2, 0.25) is 5.02 Å². The molecule has 28 heavy (non-hydrogen) atoms. The standard InChI is InChI=1S/C20H24ClFO5S/c1-26-20-7-11-3-12(8-20)19(13(4-11)9-20)27-18-6-16(22)14(5-15(18)21)17(23)10-28(2,24)25/h5-6,11-13,19H,3-4,7-10H2,1-2H3. The molecule has 0 N–H and O–H groups in total. The van der Waals surface area contributed by atoms with Crippen molar-refractivity contribution in [3.8, 4) is 5.75 Å². The van der Waals surface area contributed by atoms with Crippen molar-refractivity contribution < 1.29 is 27.1 Å². The maximum Gasteiger partial charge on any atom is 0.180 e. The Kier molecular flexibility index (Phi) is 5.00. The SMILES string of the molecule is COC12CC3CC(C1)C(Oc1cc(F)c(C(=O)CS(C)(=O)=O)cc1Cl)C(C3)C2. The number of Topliss-reactive ketones (excluding diaryl/α,β-unsaturated/α-hetero) is 1. The molecule has 0 aliphatic heterocycles. The lowest BCUT2D eigenvalue weighted by Crippen LogP contribution is -2.59. The van der Waals surface area contributed by atoms with Crippen molar-refractivity contribution >= 4 is 27.2 Å². The fourth-order valence-corrected chi connectivity index (χ4v) is 6.48. The molecule has 4 fully saturated rings. The second kappa shape index (κ2) is 6.96. The van der Waals surface area contributed by atoms with Crippen molar-refractivity contribution in [3.05, 3.63) is 28.5 Å². The van der Waals surface area contributed by atoms with Gasteiger partial charge in [-0.3, -0.25) is 4.79 Å². The number of benzene rings is 1. The molecule has 2 atom stereocenters. The minimum absolute atomic E-state index is 0.0469. The van der Waals surface area contributed by atoms with Crippen molar-refractivity contribution in [1.82, 2.24) is 0 Å². The molecule has 1 aromatic rings. The number of hydrogen-bond donors (Lipinski definition) is 0. The van der Waals surface area contributed by atoms with E-state index in [1.54, 1.807) is 7.11 Å². The van der Waals surface area contributed by atoms with Crippen molar-refractivity contribution in [3.63, 3.8) is 0 Å².